The summed E-state index contributed by atoms with van der Waals surface area (Å²) in [5, 5.41) is 9.98. The van der Waals surface area contributed by atoms with E-state index in [1.54, 1.807) is 13.1 Å². The van der Waals surface area contributed by atoms with Crippen LogP contribution in [0.1, 0.15) is 32.8 Å². The van der Waals surface area contributed by atoms with E-state index in [-0.39, 0.29) is 12.6 Å². The second kappa shape index (κ2) is 10.9. The average Bonchev–Trinajstić information content (AvgIpc) is 3.22. The number of hydrogen-bond acceptors (Lipinski definition) is 8. The van der Waals surface area contributed by atoms with Gasteiger partial charge in [-0.15, -0.1) is 11.8 Å². The molecule has 1 aromatic carbocycles. The highest BCUT2D eigenvalue weighted by atomic mass is 32.2. The molecule has 0 saturated carbocycles. The summed E-state index contributed by atoms with van der Waals surface area (Å²) in [6.07, 6.45) is 2.13. The zero-order valence-corrected chi connectivity index (χ0v) is 19.8. The first-order chi connectivity index (χ1) is 15.4. The van der Waals surface area contributed by atoms with Gasteiger partial charge >= 0.3 is 5.97 Å². The van der Waals surface area contributed by atoms with Gasteiger partial charge < -0.3 is 14.3 Å². The van der Waals surface area contributed by atoms with Crippen molar-refractivity contribution in [1.82, 2.24) is 9.97 Å². The largest absolute Gasteiger partial charge is 0.465 e. The van der Waals surface area contributed by atoms with E-state index >= 15 is 0 Å². The molecule has 2 heterocycles. The zero-order valence-electron chi connectivity index (χ0n) is 18.1. The molecular weight excluding hydrogens is 446 g/mol. The van der Waals surface area contributed by atoms with Crippen LogP contribution in [-0.4, -0.2) is 39.0 Å². The van der Waals surface area contributed by atoms with Crippen molar-refractivity contribution in [3.8, 4) is 17.5 Å². The second-order valence-corrected chi connectivity index (χ2v) is 9.30. The molecule has 9 heteroatoms. The second-order valence-electron chi connectivity index (χ2n) is 7.64. The number of carbonyl (C=O) groups excluding carboxylic acids is 1. The van der Waals surface area contributed by atoms with E-state index in [2.05, 4.69) is 16.0 Å². The maximum atomic E-state index is 12.3. The Morgan fingerprint density at radius 2 is 2.12 bits per heavy atom. The van der Waals surface area contributed by atoms with Crippen molar-refractivity contribution in [2.24, 2.45) is 0 Å². The molecule has 0 aliphatic heterocycles. The van der Waals surface area contributed by atoms with Crippen molar-refractivity contribution in [2.45, 2.75) is 42.8 Å². The van der Waals surface area contributed by atoms with Crippen LogP contribution in [0.5, 0.6) is 0 Å². The van der Waals surface area contributed by atoms with Gasteiger partial charge in [-0.25, -0.2) is 0 Å². The van der Waals surface area contributed by atoms with Gasteiger partial charge in [-0.2, -0.15) is 5.26 Å². The lowest BCUT2D eigenvalue weighted by Gasteiger charge is -2.15. The normalized spacial score (nSPS) is 12.5. The highest BCUT2D eigenvalue weighted by Gasteiger charge is 2.22. The van der Waals surface area contributed by atoms with Gasteiger partial charge in [0.1, 0.15) is 5.25 Å². The predicted octanol–water partition coefficient (Wildman–Crippen LogP) is 5.58. The monoisotopic (exact) mass is 471 g/mol. The number of nitriles is 1. The molecule has 168 valence electrons. The number of nitrogens with zero attached hydrogens (tertiary/aromatic N) is 2. The Balaban J connectivity index is 1.85. The first-order valence-corrected chi connectivity index (χ1v) is 11.7. The third-order valence-corrected chi connectivity index (χ3v) is 6.48. The summed E-state index contributed by atoms with van der Waals surface area (Å²) in [7, 11) is 0. The van der Waals surface area contributed by atoms with Gasteiger partial charge in [0.05, 0.1) is 36.1 Å². The van der Waals surface area contributed by atoms with Crippen molar-refractivity contribution >= 4 is 41.0 Å². The topological polar surface area (TPSA) is 108 Å². The van der Waals surface area contributed by atoms with Crippen LogP contribution in [0.15, 0.2) is 47.5 Å². The molecule has 7 nitrogen and oxygen atoms in total. The van der Waals surface area contributed by atoms with Crippen LogP contribution in [0.25, 0.3) is 22.3 Å². The van der Waals surface area contributed by atoms with Gasteiger partial charge in [0, 0.05) is 22.0 Å². The number of carbonyl (C=O) groups is 1. The van der Waals surface area contributed by atoms with E-state index in [9.17, 15) is 10.1 Å². The van der Waals surface area contributed by atoms with Crippen LogP contribution in [0.4, 0.5) is 0 Å². The number of hydrogen-bond donors (Lipinski definition) is 2. The van der Waals surface area contributed by atoms with Gasteiger partial charge in [0.25, 0.3) is 0 Å². The molecule has 3 aromatic rings. The lowest BCUT2D eigenvalue weighted by Crippen LogP contribution is -2.21. The average molecular weight is 472 g/mol. The molecule has 32 heavy (non-hydrogen) atoms. The van der Waals surface area contributed by atoms with Crippen molar-refractivity contribution in [1.29, 1.82) is 5.26 Å². The molecule has 0 spiro atoms. The van der Waals surface area contributed by atoms with E-state index in [4.69, 9.17) is 13.5 Å². The van der Waals surface area contributed by atoms with Gasteiger partial charge in [-0.05, 0) is 69.2 Å². The Morgan fingerprint density at radius 1 is 1.31 bits per heavy atom. The minimum absolute atomic E-state index is 0.231. The SMILES string of the molecule is CCOC(=O)C(CCOSO)Sc1ccc2[nH]c(-c3cc(C(C)(C)C#N)ccn3)cc2c1. The van der Waals surface area contributed by atoms with Crippen molar-refractivity contribution in [3.05, 3.63) is 48.2 Å². The van der Waals surface area contributed by atoms with E-state index in [0.717, 1.165) is 32.7 Å². The zero-order chi connectivity index (χ0) is 23.1. The summed E-state index contributed by atoms with van der Waals surface area (Å²) in [4.78, 5) is 21.1. The summed E-state index contributed by atoms with van der Waals surface area (Å²) >= 11 is 1.70. The minimum atomic E-state index is -0.603. The summed E-state index contributed by atoms with van der Waals surface area (Å²) in [5.74, 6) is -0.306. The molecule has 0 bridgehead atoms. The highest BCUT2D eigenvalue weighted by molar-refractivity contribution is 8.00. The van der Waals surface area contributed by atoms with Gasteiger partial charge in [-0.1, -0.05) is 0 Å². The molecule has 3 rings (SSSR count). The molecular formula is C23H25N3O4S2. The molecule has 0 aliphatic rings. The number of aromatic nitrogens is 2. The van der Waals surface area contributed by atoms with Crippen LogP contribution in [0, 0.1) is 11.3 Å². The number of pyridine rings is 1. The van der Waals surface area contributed by atoms with Crippen LogP contribution in [0.2, 0.25) is 0 Å². The highest BCUT2D eigenvalue weighted by Crippen LogP contribution is 2.32. The summed E-state index contributed by atoms with van der Waals surface area (Å²) < 4.78 is 18.8. The van der Waals surface area contributed by atoms with Crippen molar-refractivity contribution < 1.29 is 18.3 Å². The first kappa shape index (κ1) is 24.1. The lowest BCUT2D eigenvalue weighted by molar-refractivity contribution is -0.142. The molecule has 0 fully saturated rings. The third-order valence-electron chi connectivity index (χ3n) is 4.97. The van der Waals surface area contributed by atoms with E-state index in [1.165, 1.54) is 11.8 Å². The van der Waals surface area contributed by atoms with E-state index < -0.39 is 10.7 Å². The number of ether oxygens (including phenoxy) is 1. The fourth-order valence-electron chi connectivity index (χ4n) is 3.17. The van der Waals surface area contributed by atoms with Crippen molar-refractivity contribution in [2.75, 3.05) is 13.2 Å². The van der Waals surface area contributed by atoms with Gasteiger partial charge in [-0.3, -0.25) is 14.0 Å². The smallest absolute Gasteiger partial charge is 0.319 e. The molecule has 2 aromatic heterocycles. The Labute approximate surface area is 195 Å². The third kappa shape index (κ3) is 5.84. The van der Waals surface area contributed by atoms with E-state index in [0.29, 0.717) is 25.4 Å². The number of esters is 1. The number of fused-ring (bicyclic) bond motifs is 1. The summed E-state index contributed by atoms with van der Waals surface area (Å²) in [5.41, 5.74) is 2.87. The Bertz CT molecular complexity index is 1120. The molecule has 0 saturated heterocycles. The number of aromatic amines is 1. The fraction of sp³-hybridized carbons (Fsp3) is 0.348. The molecule has 0 amide bonds. The Hall–Kier alpha value is -2.51. The number of nitrogens with one attached hydrogen (secondary N) is 1. The van der Waals surface area contributed by atoms with Crippen molar-refractivity contribution in [3.63, 3.8) is 0 Å². The molecule has 1 unspecified atom stereocenters. The van der Waals surface area contributed by atoms with Crippen LogP contribution >= 0.6 is 24.1 Å². The Morgan fingerprint density at radius 3 is 2.84 bits per heavy atom. The predicted molar refractivity (Wildman–Crippen MR) is 127 cm³/mol. The summed E-state index contributed by atoms with van der Waals surface area (Å²) in [6, 6.07) is 14.0. The maximum absolute atomic E-state index is 12.3. The number of H-pyrrole nitrogens is 1. The maximum Gasteiger partial charge on any atom is 0.319 e. The van der Waals surface area contributed by atoms with Gasteiger partial charge in [0.15, 0.2) is 12.3 Å². The Kier molecular flexibility index (Phi) is 8.21. The van der Waals surface area contributed by atoms with Gasteiger partial charge in [0.2, 0.25) is 0 Å². The number of benzene rings is 1. The minimum Gasteiger partial charge on any atom is -0.465 e. The number of rotatable bonds is 10. The molecule has 2 N–H and O–H groups in total. The quantitative estimate of drug-likeness (QED) is 0.171. The standard InChI is InChI=1S/C23H25N3O4S2/c1-4-29-22(27)21(8-10-30-32-28)31-17-5-6-18-15(11-17)12-20(26-18)19-13-16(7-9-25-19)23(2,3)14-24/h5-7,9,11-13,21,26,28H,4,8,10H2,1-3H3. The first-order valence-electron chi connectivity index (χ1n) is 10.1. The molecule has 1 atom stereocenters. The van der Waals surface area contributed by atoms with Crippen LogP contribution in [0.3, 0.4) is 0 Å². The van der Waals surface area contributed by atoms with Crippen LogP contribution in [-0.2, 0) is 19.1 Å². The summed E-state index contributed by atoms with van der Waals surface area (Å²) in [6.45, 7) is 6.07. The molecule has 0 aliphatic carbocycles. The number of thioether (sulfide) groups is 1. The van der Waals surface area contributed by atoms with E-state index in [1.807, 2.05) is 50.2 Å². The lowest BCUT2D eigenvalue weighted by atomic mass is 9.86. The molecule has 0 radical (unpaired) electrons. The fourth-order valence-corrected chi connectivity index (χ4v) is 4.39. The van der Waals surface area contributed by atoms with Crippen LogP contribution < -0.4 is 0 Å².